The lowest BCUT2D eigenvalue weighted by atomic mass is 10.3. The molecule has 0 radical (unpaired) electrons. The van der Waals surface area contributed by atoms with Gasteiger partial charge in [-0.2, -0.15) is 4.68 Å². The standard InChI is InChI=1S/C16H12FN5O3S/c17-10-1-4-12(5-2-10)22-16(19-20-21-22)26-8-15(23)18-11-3-6-13-14(7-11)25-9-24-13/h1-7H,8-9H2,(H,18,23). The average molecular weight is 373 g/mol. The molecule has 1 aliphatic rings. The highest BCUT2D eigenvalue weighted by Gasteiger charge is 2.15. The number of tetrazole rings is 1. The van der Waals surface area contributed by atoms with Gasteiger partial charge in [-0.05, 0) is 46.8 Å². The molecule has 8 nitrogen and oxygen atoms in total. The van der Waals surface area contributed by atoms with Gasteiger partial charge in [0, 0.05) is 11.8 Å². The number of nitrogens with zero attached hydrogens (tertiary/aromatic N) is 4. The lowest BCUT2D eigenvalue weighted by Crippen LogP contribution is -2.14. The third kappa shape index (κ3) is 3.45. The molecule has 26 heavy (non-hydrogen) atoms. The number of ether oxygens (including phenoxy) is 2. The number of benzene rings is 2. The highest BCUT2D eigenvalue weighted by Crippen LogP contribution is 2.34. The molecule has 0 atom stereocenters. The maximum absolute atomic E-state index is 13.0. The Hall–Kier alpha value is -3.14. The molecule has 1 aromatic heterocycles. The van der Waals surface area contributed by atoms with Crippen LogP contribution in [0.3, 0.4) is 0 Å². The monoisotopic (exact) mass is 373 g/mol. The van der Waals surface area contributed by atoms with E-state index in [4.69, 9.17) is 9.47 Å². The molecule has 0 spiro atoms. The normalized spacial score (nSPS) is 12.2. The minimum Gasteiger partial charge on any atom is -0.454 e. The molecule has 132 valence electrons. The molecule has 1 aliphatic heterocycles. The van der Waals surface area contributed by atoms with E-state index in [-0.39, 0.29) is 24.3 Å². The van der Waals surface area contributed by atoms with Crippen LogP contribution in [-0.2, 0) is 4.79 Å². The fourth-order valence-corrected chi connectivity index (χ4v) is 3.01. The number of halogens is 1. The fraction of sp³-hybridized carbons (Fsp3) is 0.125. The number of carbonyl (C=O) groups excluding carboxylic acids is 1. The number of hydrogen-bond acceptors (Lipinski definition) is 7. The number of anilines is 1. The Kier molecular flexibility index (Phi) is 4.40. The average Bonchev–Trinajstić information content (AvgIpc) is 3.29. The van der Waals surface area contributed by atoms with Crippen molar-refractivity contribution in [3.05, 3.63) is 48.3 Å². The Morgan fingerprint density at radius 3 is 2.85 bits per heavy atom. The smallest absolute Gasteiger partial charge is 0.234 e. The molecule has 10 heteroatoms. The molecule has 1 amide bonds. The van der Waals surface area contributed by atoms with Gasteiger partial charge in [0.1, 0.15) is 5.82 Å². The molecule has 4 rings (SSSR count). The third-order valence-electron chi connectivity index (χ3n) is 3.50. The number of thioether (sulfide) groups is 1. The van der Waals surface area contributed by atoms with E-state index >= 15 is 0 Å². The van der Waals surface area contributed by atoms with Crippen LogP contribution in [0.25, 0.3) is 5.69 Å². The first-order valence-electron chi connectivity index (χ1n) is 7.56. The number of rotatable bonds is 5. The molecule has 0 bridgehead atoms. The highest BCUT2D eigenvalue weighted by atomic mass is 32.2. The summed E-state index contributed by atoms with van der Waals surface area (Å²) in [5.74, 6) is 0.781. The van der Waals surface area contributed by atoms with E-state index in [0.29, 0.717) is 28.0 Å². The second kappa shape index (κ2) is 7.00. The maximum Gasteiger partial charge on any atom is 0.234 e. The molecule has 0 fully saturated rings. The van der Waals surface area contributed by atoms with Gasteiger partial charge in [-0.1, -0.05) is 11.8 Å². The van der Waals surface area contributed by atoms with Gasteiger partial charge < -0.3 is 14.8 Å². The van der Waals surface area contributed by atoms with Crippen LogP contribution >= 0.6 is 11.8 Å². The number of carbonyl (C=O) groups is 1. The zero-order valence-corrected chi connectivity index (χ0v) is 14.1. The predicted molar refractivity (Wildman–Crippen MR) is 91.0 cm³/mol. The second-order valence-corrected chi connectivity index (χ2v) is 6.20. The van der Waals surface area contributed by atoms with E-state index in [1.807, 2.05) is 0 Å². The highest BCUT2D eigenvalue weighted by molar-refractivity contribution is 7.99. The van der Waals surface area contributed by atoms with Crippen molar-refractivity contribution in [1.82, 2.24) is 20.2 Å². The summed E-state index contributed by atoms with van der Waals surface area (Å²) in [7, 11) is 0. The van der Waals surface area contributed by atoms with E-state index in [9.17, 15) is 9.18 Å². The lowest BCUT2D eigenvalue weighted by Gasteiger charge is -2.06. The van der Waals surface area contributed by atoms with Gasteiger partial charge in [-0.3, -0.25) is 4.79 Å². The van der Waals surface area contributed by atoms with Crippen LogP contribution in [0.15, 0.2) is 47.6 Å². The van der Waals surface area contributed by atoms with Gasteiger partial charge in [-0.15, -0.1) is 5.10 Å². The molecular formula is C16H12FN5O3S. The van der Waals surface area contributed by atoms with Crippen LogP contribution in [0, 0.1) is 5.82 Å². The Labute approximate surface area is 151 Å². The molecule has 0 unspecified atom stereocenters. The van der Waals surface area contributed by atoms with Crippen molar-refractivity contribution in [2.24, 2.45) is 0 Å². The SMILES string of the molecule is O=C(CSc1nnnn1-c1ccc(F)cc1)Nc1ccc2c(c1)OCO2. The van der Waals surface area contributed by atoms with Gasteiger partial charge in [0.05, 0.1) is 11.4 Å². The molecule has 0 saturated heterocycles. The Morgan fingerprint density at radius 2 is 2.00 bits per heavy atom. The minimum atomic E-state index is -0.348. The van der Waals surface area contributed by atoms with Crippen molar-refractivity contribution in [2.45, 2.75) is 5.16 Å². The summed E-state index contributed by atoms with van der Waals surface area (Å²) >= 11 is 1.17. The van der Waals surface area contributed by atoms with E-state index in [1.54, 1.807) is 30.3 Å². The summed E-state index contributed by atoms with van der Waals surface area (Å²) in [4.78, 5) is 12.2. The molecule has 1 N–H and O–H groups in total. The maximum atomic E-state index is 13.0. The van der Waals surface area contributed by atoms with E-state index < -0.39 is 0 Å². The number of fused-ring (bicyclic) bond motifs is 1. The molecule has 3 aromatic rings. The first-order valence-corrected chi connectivity index (χ1v) is 8.54. The van der Waals surface area contributed by atoms with Gasteiger partial charge in [0.25, 0.3) is 0 Å². The quantitative estimate of drug-likeness (QED) is 0.686. The van der Waals surface area contributed by atoms with Crippen molar-refractivity contribution in [3.8, 4) is 17.2 Å². The first kappa shape index (κ1) is 16.3. The lowest BCUT2D eigenvalue weighted by molar-refractivity contribution is -0.113. The Balaban J connectivity index is 1.39. The van der Waals surface area contributed by atoms with E-state index in [1.165, 1.54) is 28.6 Å². The van der Waals surface area contributed by atoms with Gasteiger partial charge in [0.15, 0.2) is 11.5 Å². The zero-order chi connectivity index (χ0) is 17.9. The molecule has 0 aliphatic carbocycles. The topological polar surface area (TPSA) is 91.2 Å². The van der Waals surface area contributed by atoms with Crippen LogP contribution in [0.5, 0.6) is 11.5 Å². The van der Waals surface area contributed by atoms with Crippen LogP contribution in [0.2, 0.25) is 0 Å². The minimum absolute atomic E-state index is 0.107. The number of aromatic nitrogens is 4. The van der Waals surface area contributed by atoms with Crippen LogP contribution < -0.4 is 14.8 Å². The van der Waals surface area contributed by atoms with Crippen molar-refractivity contribution in [3.63, 3.8) is 0 Å². The summed E-state index contributed by atoms with van der Waals surface area (Å²) in [5.41, 5.74) is 1.22. The van der Waals surface area contributed by atoms with E-state index in [0.717, 1.165) is 0 Å². The van der Waals surface area contributed by atoms with Crippen LogP contribution in [-0.4, -0.2) is 38.7 Å². The van der Waals surface area contributed by atoms with E-state index in [2.05, 4.69) is 20.8 Å². The first-order chi connectivity index (χ1) is 12.7. The number of amides is 1. The summed E-state index contributed by atoms with van der Waals surface area (Å²) in [6.45, 7) is 0.175. The number of nitrogens with one attached hydrogen (secondary N) is 1. The Morgan fingerprint density at radius 1 is 1.19 bits per heavy atom. The van der Waals surface area contributed by atoms with Gasteiger partial charge >= 0.3 is 0 Å². The molecule has 2 aromatic carbocycles. The van der Waals surface area contributed by atoms with Crippen molar-refractivity contribution in [2.75, 3.05) is 17.9 Å². The summed E-state index contributed by atoms with van der Waals surface area (Å²) < 4.78 is 25.0. The second-order valence-electron chi connectivity index (χ2n) is 5.25. The number of hydrogen-bond donors (Lipinski definition) is 1. The summed E-state index contributed by atoms with van der Waals surface area (Å²) in [5, 5.41) is 14.6. The fourth-order valence-electron chi connectivity index (χ4n) is 2.31. The third-order valence-corrected chi connectivity index (χ3v) is 4.42. The van der Waals surface area contributed by atoms with Crippen molar-refractivity contribution in [1.29, 1.82) is 0 Å². The molecule has 2 heterocycles. The van der Waals surface area contributed by atoms with Gasteiger partial charge in [-0.25, -0.2) is 4.39 Å². The molecule has 0 saturated carbocycles. The predicted octanol–water partition coefficient (Wildman–Crippen LogP) is 2.26. The summed E-state index contributed by atoms with van der Waals surface area (Å²) in [6, 6.07) is 10.9. The largest absolute Gasteiger partial charge is 0.454 e. The Bertz CT molecular complexity index is 947. The van der Waals surface area contributed by atoms with Crippen LogP contribution in [0.1, 0.15) is 0 Å². The zero-order valence-electron chi connectivity index (χ0n) is 13.3. The van der Waals surface area contributed by atoms with Crippen molar-refractivity contribution < 1.29 is 18.7 Å². The van der Waals surface area contributed by atoms with Gasteiger partial charge in [0.2, 0.25) is 17.9 Å². The molecular weight excluding hydrogens is 361 g/mol. The summed E-state index contributed by atoms with van der Waals surface area (Å²) in [6.07, 6.45) is 0. The van der Waals surface area contributed by atoms with Crippen molar-refractivity contribution >= 4 is 23.4 Å². The van der Waals surface area contributed by atoms with Crippen LogP contribution in [0.4, 0.5) is 10.1 Å².